The highest BCUT2D eigenvalue weighted by molar-refractivity contribution is 5.74. The molecule has 0 atom stereocenters. The number of hydrogen-bond acceptors (Lipinski definition) is 3. The van der Waals surface area contributed by atoms with Crippen molar-refractivity contribution in [2.45, 2.75) is 6.42 Å². The average molecular weight is 203 g/mol. The second-order valence-corrected chi connectivity index (χ2v) is 3.27. The molecule has 0 fully saturated rings. The fourth-order valence-corrected chi connectivity index (χ4v) is 1.30. The molecule has 1 aromatic carbocycles. The first-order chi connectivity index (χ1) is 7.15. The Kier molecular flexibility index (Phi) is 3.69. The van der Waals surface area contributed by atoms with E-state index in [9.17, 15) is 4.79 Å². The summed E-state index contributed by atoms with van der Waals surface area (Å²) in [6.07, 6.45) is 0.288. The Morgan fingerprint density at radius 3 is 2.80 bits per heavy atom. The van der Waals surface area contributed by atoms with E-state index in [-0.39, 0.29) is 12.3 Å². The van der Waals surface area contributed by atoms with Gasteiger partial charge in [-0.05, 0) is 12.1 Å². The van der Waals surface area contributed by atoms with Crippen LogP contribution in [0.1, 0.15) is 12.0 Å². The summed E-state index contributed by atoms with van der Waals surface area (Å²) in [5, 5.41) is 8.88. The lowest BCUT2D eigenvalue weighted by Crippen LogP contribution is -2.24. The van der Waals surface area contributed by atoms with Gasteiger partial charge in [0, 0.05) is 20.0 Å². The number of primary amides is 1. The lowest BCUT2D eigenvalue weighted by atomic mass is 10.2. The zero-order valence-corrected chi connectivity index (χ0v) is 8.60. The van der Waals surface area contributed by atoms with Gasteiger partial charge in [0.1, 0.15) is 6.07 Å². The number of nitriles is 1. The summed E-state index contributed by atoms with van der Waals surface area (Å²) in [5.74, 6) is -0.337. The molecule has 4 heteroatoms. The van der Waals surface area contributed by atoms with Crippen LogP contribution in [0.3, 0.4) is 0 Å². The van der Waals surface area contributed by atoms with Crippen LogP contribution in [0.4, 0.5) is 5.69 Å². The van der Waals surface area contributed by atoms with Gasteiger partial charge in [0.25, 0.3) is 0 Å². The Bertz CT molecular complexity index is 395. The Balaban J connectivity index is 2.77. The number of para-hydroxylation sites is 1. The SMILES string of the molecule is CN(CCC(N)=O)c1ccccc1C#N. The van der Waals surface area contributed by atoms with Crippen molar-refractivity contribution in [1.82, 2.24) is 0 Å². The summed E-state index contributed by atoms with van der Waals surface area (Å²) < 4.78 is 0. The van der Waals surface area contributed by atoms with Gasteiger partial charge in [0.15, 0.2) is 0 Å². The summed E-state index contributed by atoms with van der Waals surface area (Å²) in [6.45, 7) is 0.522. The quantitative estimate of drug-likeness (QED) is 0.789. The standard InChI is InChI=1S/C11H13N3O/c1-14(7-6-11(13)15)10-5-3-2-4-9(10)8-12/h2-5H,6-7H2,1H3,(H2,13,15). The van der Waals surface area contributed by atoms with Crippen LogP contribution in [0.25, 0.3) is 0 Å². The molecule has 0 heterocycles. The van der Waals surface area contributed by atoms with E-state index >= 15 is 0 Å². The number of nitrogens with two attached hydrogens (primary N) is 1. The minimum Gasteiger partial charge on any atom is -0.373 e. The summed E-state index contributed by atoms with van der Waals surface area (Å²) in [6, 6.07) is 9.37. The number of nitrogens with zero attached hydrogens (tertiary/aromatic N) is 2. The van der Waals surface area contributed by atoms with Gasteiger partial charge in [-0.15, -0.1) is 0 Å². The predicted molar refractivity (Wildman–Crippen MR) is 58.2 cm³/mol. The molecule has 0 saturated heterocycles. The third-order valence-electron chi connectivity index (χ3n) is 2.13. The molecule has 1 amide bonds. The highest BCUT2D eigenvalue weighted by atomic mass is 16.1. The summed E-state index contributed by atoms with van der Waals surface area (Å²) in [7, 11) is 1.83. The number of hydrogen-bond donors (Lipinski definition) is 1. The predicted octanol–water partition coefficient (Wildman–Crippen LogP) is 0.870. The first-order valence-electron chi connectivity index (χ1n) is 4.63. The molecule has 0 unspecified atom stereocenters. The average Bonchev–Trinajstić information content (AvgIpc) is 2.25. The zero-order valence-electron chi connectivity index (χ0n) is 8.60. The van der Waals surface area contributed by atoms with Crippen molar-refractivity contribution < 1.29 is 4.79 Å². The molecule has 2 N–H and O–H groups in total. The maximum atomic E-state index is 10.6. The van der Waals surface area contributed by atoms with Crippen LogP contribution in [0.2, 0.25) is 0 Å². The van der Waals surface area contributed by atoms with Crippen LogP contribution in [0.5, 0.6) is 0 Å². The van der Waals surface area contributed by atoms with E-state index in [2.05, 4.69) is 6.07 Å². The fraction of sp³-hybridized carbons (Fsp3) is 0.273. The molecule has 78 valence electrons. The molecule has 0 aliphatic rings. The zero-order chi connectivity index (χ0) is 11.3. The monoisotopic (exact) mass is 203 g/mol. The molecule has 0 aliphatic heterocycles. The van der Waals surface area contributed by atoms with E-state index in [0.717, 1.165) is 5.69 Å². The third-order valence-corrected chi connectivity index (χ3v) is 2.13. The number of benzene rings is 1. The van der Waals surface area contributed by atoms with Crippen LogP contribution in [-0.4, -0.2) is 19.5 Å². The Morgan fingerprint density at radius 1 is 1.53 bits per heavy atom. The van der Waals surface area contributed by atoms with Crippen LogP contribution >= 0.6 is 0 Å². The minimum atomic E-state index is -0.337. The van der Waals surface area contributed by atoms with Gasteiger partial charge >= 0.3 is 0 Å². The van der Waals surface area contributed by atoms with Crippen LogP contribution in [0.15, 0.2) is 24.3 Å². The normalized spacial score (nSPS) is 9.33. The molecule has 0 bridgehead atoms. The van der Waals surface area contributed by atoms with Crippen LogP contribution < -0.4 is 10.6 Å². The second-order valence-electron chi connectivity index (χ2n) is 3.27. The summed E-state index contributed by atoms with van der Waals surface area (Å²) in [4.78, 5) is 12.5. The second kappa shape index (κ2) is 5.01. The van der Waals surface area contributed by atoms with Gasteiger partial charge < -0.3 is 10.6 Å². The maximum Gasteiger partial charge on any atom is 0.219 e. The van der Waals surface area contributed by atoms with E-state index in [4.69, 9.17) is 11.0 Å². The van der Waals surface area contributed by atoms with Crippen molar-refractivity contribution in [3.05, 3.63) is 29.8 Å². The van der Waals surface area contributed by atoms with E-state index < -0.39 is 0 Å². The van der Waals surface area contributed by atoms with Crippen molar-refractivity contribution in [3.8, 4) is 6.07 Å². The molecule has 0 spiro atoms. The fourth-order valence-electron chi connectivity index (χ4n) is 1.30. The molecule has 0 radical (unpaired) electrons. The van der Waals surface area contributed by atoms with Crippen molar-refractivity contribution >= 4 is 11.6 Å². The molecule has 4 nitrogen and oxygen atoms in total. The first-order valence-corrected chi connectivity index (χ1v) is 4.63. The summed E-state index contributed by atoms with van der Waals surface area (Å²) >= 11 is 0. The molecule has 1 aromatic rings. The third kappa shape index (κ3) is 2.99. The number of carbonyl (C=O) groups is 1. The Hall–Kier alpha value is -2.02. The molecule has 0 saturated carbocycles. The smallest absolute Gasteiger partial charge is 0.219 e. The molecule has 1 rings (SSSR count). The van der Waals surface area contributed by atoms with E-state index in [1.165, 1.54) is 0 Å². The van der Waals surface area contributed by atoms with Crippen molar-refractivity contribution in [2.75, 3.05) is 18.5 Å². The number of rotatable bonds is 4. The molecule has 0 aliphatic carbocycles. The van der Waals surface area contributed by atoms with Crippen molar-refractivity contribution in [3.63, 3.8) is 0 Å². The molecular formula is C11H13N3O. The van der Waals surface area contributed by atoms with Gasteiger partial charge in [-0.3, -0.25) is 4.79 Å². The number of amides is 1. The lowest BCUT2D eigenvalue weighted by Gasteiger charge is -2.19. The first kappa shape index (κ1) is 11.1. The van der Waals surface area contributed by atoms with E-state index in [1.54, 1.807) is 6.07 Å². The van der Waals surface area contributed by atoms with Crippen LogP contribution in [-0.2, 0) is 4.79 Å². The van der Waals surface area contributed by atoms with E-state index in [1.807, 2.05) is 30.1 Å². The van der Waals surface area contributed by atoms with Gasteiger partial charge in [-0.1, -0.05) is 12.1 Å². The minimum absolute atomic E-state index is 0.288. The molecular weight excluding hydrogens is 190 g/mol. The Labute approximate surface area is 88.9 Å². The number of carbonyl (C=O) groups excluding carboxylic acids is 1. The van der Waals surface area contributed by atoms with Crippen LogP contribution in [0, 0.1) is 11.3 Å². The highest BCUT2D eigenvalue weighted by Crippen LogP contribution is 2.17. The Morgan fingerprint density at radius 2 is 2.20 bits per heavy atom. The largest absolute Gasteiger partial charge is 0.373 e. The van der Waals surface area contributed by atoms with Gasteiger partial charge in [-0.25, -0.2) is 0 Å². The van der Waals surface area contributed by atoms with Crippen molar-refractivity contribution in [1.29, 1.82) is 5.26 Å². The van der Waals surface area contributed by atoms with Gasteiger partial charge in [0.05, 0.1) is 11.3 Å². The lowest BCUT2D eigenvalue weighted by molar-refractivity contribution is -0.117. The molecule has 0 aromatic heterocycles. The van der Waals surface area contributed by atoms with Crippen molar-refractivity contribution in [2.24, 2.45) is 5.73 Å². The van der Waals surface area contributed by atoms with E-state index in [0.29, 0.717) is 12.1 Å². The van der Waals surface area contributed by atoms with Gasteiger partial charge in [-0.2, -0.15) is 5.26 Å². The maximum absolute atomic E-state index is 10.6. The summed E-state index contributed by atoms with van der Waals surface area (Å²) in [5.41, 5.74) is 6.48. The number of anilines is 1. The molecule has 15 heavy (non-hydrogen) atoms. The topological polar surface area (TPSA) is 70.1 Å². The highest BCUT2D eigenvalue weighted by Gasteiger charge is 2.06. The van der Waals surface area contributed by atoms with Gasteiger partial charge in [0.2, 0.25) is 5.91 Å².